The number of Topliss-reactive ketones (excluding diaryl/α,β-unsaturated/α-hetero) is 1. The number of aromatic nitrogens is 2. The third-order valence-electron chi connectivity index (χ3n) is 2.45. The van der Waals surface area contributed by atoms with Gasteiger partial charge >= 0.3 is 0 Å². The first-order valence-electron chi connectivity index (χ1n) is 5.87. The summed E-state index contributed by atoms with van der Waals surface area (Å²) < 4.78 is 17.8. The Kier molecular flexibility index (Phi) is 5.04. The van der Waals surface area contributed by atoms with Crippen LogP contribution in [0.15, 0.2) is 28.6 Å². The zero-order chi connectivity index (χ0) is 13.7. The number of carbonyl (C=O) groups is 1. The Morgan fingerprint density at radius 2 is 2.11 bits per heavy atom. The summed E-state index contributed by atoms with van der Waals surface area (Å²) in [4.78, 5) is 16.1. The third-order valence-corrected chi connectivity index (χ3v) is 4.46. The lowest BCUT2D eigenvalue weighted by Gasteiger charge is -2.00. The van der Waals surface area contributed by atoms with Gasteiger partial charge in [-0.2, -0.15) is 4.37 Å². The van der Waals surface area contributed by atoms with Gasteiger partial charge in [-0.3, -0.25) is 4.79 Å². The van der Waals surface area contributed by atoms with Crippen molar-refractivity contribution in [2.75, 3.05) is 5.75 Å². The maximum Gasteiger partial charge on any atom is 0.170 e. The van der Waals surface area contributed by atoms with Crippen molar-refractivity contribution in [3.63, 3.8) is 0 Å². The van der Waals surface area contributed by atoms with Gasteiger partial charge in [0.2, 0.25) is 0 Å². The van der Waals surface area contributed by atoms with Gasteiger partial charge in [0.1, 0.15) is 11.6 Å². The Labute approximate surface area is 119 Å². The summed E-state index contributed by atoms with van der Waals surface area (Å²) >= 11 is 3.00. The van der Waals surface area contributed by atoms with E-state index >= 15 is 0 Å². The van der Waals surface area contributed by atoms with Crippen molar-refractivity contribution >= 4 is 29.1 Å². The number of carbonyl (C=O) groups excluding carboxylic acids is 1. The molecule has 0 radical (unpaired) electrons. The number of ketones is 1. The molecule has 0 unspecified atom stereocenters. The second-order valence-corrected chi connectivity index (χ2v) is 6.08. The predicted octanol–water partition coefficient (Wildman–Crippen LogP) is 3.74. The monoisotopic (exact) mass is 296 g/mol. The maximum atomic E-state index is 12.7. The molecule has 0 amide bonds. The molecule has 6 heteroatoms. The first kappa shape index (κ1) is 14.1. The topological polar surface area (TPSA) is 42.9 Å². The van der Waals surface area contributed by atoms with Crippen LogP contribution in [0.1, 0.15) is 29.0 Å². The van der Waals surface area contributed by atoms with Gasteiger partial charge in [-0.05, 0) is 49.1 Å². The lowest BCUT2D eigenvalue weighted by Crippen LogP contribution is -1.99. The van der Waals surface area contributed by atoms with Crippen LogP contribution in [0.2, 0.25) is 0 Å². The van der Waals surface area contributed by atoms with Gasteiger partial charge in [0.15, 0.2) is 10.1 Å². The molecular weight excluding hydrogens is 283 g/mol. The fourth-order valence-electron chi connectivity index (χ4n) is 1.51. The highest BCUT2D eigenvalue weighted by atomic mass is 32.2. The van der Waals surface area contributed by atoms with E-state index in [2.05, 4.69) is 9.36 Å². The number of hydrogen-bond acceptors (Lipinski definition) is 5. The summed E-state index contributed by atoms with van der Waals surface area (Å²) in [6.45, 7) is 1.86. The van der Waals surface area contributed by atoms with Gasteiger partial charge in [0.25, 0.3) is 0 Å². The Bertz CT molecular complexity index is 554. The van der Waals surface area contributed by atoms with Gasteiger partial charge < -0.3 is 0 Å². The molecule has 0 aliphatic rings. The molecule has 1 aromatic carbocycles. The van der Waals surface area contributed by atoms with E-state index in [9.17, 15) is 9.18 Å². The number of halogens is 1. The molecule has 0 aliphatic heterocycles. The van der Waals surface area contributed by atoms with E-state index in [0.29, 0.717) is 12.0 Å². The Balaban J connectivity index is 1.73. The minimum atomic E-state index is -0.321. The Hall–Kier alpha value is -1.27. The number of benzene rings is 1. The number of thioether (sulfide) groups is 1. The van der Waals surface area contributed by atoms with Crippen LogP contribution in [0.25, 0.3) is 0 Å². The van der Waals surface area contributed by atoms with Crippen molar-refractivity contribution in [2.45, 2.75) is 24.1 Å². The fourth-order valence-corrected chi connectivity index (χ4v) is 3.17. The molecule has 0 bridgehead atoms. The van der Waals surface area contributed by atoms with Crippen molar-refractivity contribution in [1.29, 1.82) is 0 Å². The molecule has 0 spiro atoms. The zero-order valence-electron chi connectivity index (χ0n) is 10.4. The molecule has 1 aromatic heterocycles. The summed E-state index contributed by atoms with van der Waals surface area (Å²) in [6.07, 6.45) is 1.25. The molecule has 0 fully saturated rings. The summed E-state index contributed by atoms with van der Waals surface area (Å²) in [5, 5.41) is 0. The van der Waals surface area contributed by atoms with Crippen LogP contribution in [0.3, 0.4) is 0 Å². The normalized spacial score (nSPS) is 10.6. The summed E-state index contributed by atoms with van der Waals surface area (Å²) in [7, 11) is 0. The molecule has 0 N–H and O–H groups in total. The maximum absolute atomic E-state index is 12.7. The minimum absolute atomic E-state index is 0.0500. The molecular formula is C13H13FN2OS2. The number of nitrogens with zero attached hydrogens (tertiary/aromatic N) is 2. The van der Waals surface area contributed by atoms with Crippen LogP contribution >= 0.6 is 23.3 Å². The first-order valence-corrected chi connectivity index (χ1v) is 7.63. The van der Waals surface area contributed by atoms with Gasteiger partial charge in [0, 0.05) is 17.7 Å². The number of aryl methyl sites for hydroxylation is 1. The molecule has 2 aromatic rings. The smallest absolute Gasteiger partial charge is 0.170 e. The van der Waals surface area contributed by atoms with Crippen molar-refractivity contribution in [3.8, 4) is 0 Å². The Morgan fingerprint density at radius 1 is 1.37 bits per heavy atom. The average Bonchev–Trinajstić information content (AvgIpc) is 2.81. The first-order chi connectivity index (χ1) is 9.15. The molecule has 1 heterocycles. The van der Waals surface area contributed by atoms with E-state index in [0.717, 1.165) is 22.3 Å². The van der Waals surface area contributed by atoms with Gasteiger partial charge in [0.05, 0.1) is 0 Å². The molecule has 19 heavy (non-hydrogen) atoms. The van der Waals surface area contributed by atoms with Gasteiger partial charge in [-0.25, -0.2) is 9.37 Å². The van der Waals surface area contributed by atoms with E-state index < -0.39 is 0 Å². The van der Waals surface area contributed by atoms with E-state index in [1.807, 2.05) is 6.92 Å². The van der Waals surface area contributed by atoms with Gasteiger partial charge in [-0.1, -0.05) is 11.8 Å². The molecule has 100 valence electrons. The largest absolute Gasteiger partial charge is 0.294 e. The number of hydrogen-bond donors (Lipinski definition) is 0. The highest BCUT2D eigenvalue weighted by Crippen LogP contribution is 2.21. The number of rotatable bonds is 6. The third kappa shape index (κ3) is 4.40. The molecule has 0 saturated heterocycles. The van der Waals surface area contributed by atoms with Crippen LogP contribution in [-0.4, -0.2) is 20.9 Å². The molecule has 3 nitrogen and oxygen atoms in total. The summed E-state index contributed by atoms with van der Waals surface area (Å²) in [6, 6.07) is 5.68. The van der Waals surface area contributed by atoms with Crippen molar-refractivity contribution in [2.24, 2.45) is 0 Å². The second-order valence-electron chi connectivity index (χ2n) is 3.99. The quantitative estimate of drug-likeness (QED) is 0.463. The van der Waals surface area contributed by atoms with Crippen LogP contribution in [0.5, 0.6) is 0 Å². The average molecular weight is 296 g/mol. The summed E-state index contributed by atoms with van der Waals surface area (Å²) in [5.74, 6) is 1.35. The standard InChI is InChI=1S/C13H13FN2OS2/c1-9-15-13(19-16-9)18-8-2-3-12(17)10-4-6-11(14)7-5-10/h4-7H,2-3,8H2,1H3. The van der Waals surface area contributed by atoms with Crippen molar-refractivity contribution in [1.82, 2.24) is 9.36 Å². The molecule has 0 atom stereocenters. The second kappa shape index (κ2) is 6.77. The van der Waals surface area contributed by atoms with Crippen LogP contribution < -0.4 is 0 Å². The van der Waals surface area contributed by atoms with E-state index in [1.54, 1.807) is 11.8 Å². The highest BCUT2D eigenvalue weighted by Gasteiger charge is 2.06. The van der Waals surface area contributed by atoms with E-state index in [-0.39, 0.29) is 11.6 Å². The van der Waals surface area contributed by atoms with Crippen LogP contribution in [0, 0.1) is 12.7 Å². The SMILES string of the molecule is Cc1nsc(SCCCC(=O)c2ccc(F)cc2)n1. The minimum Gasteiger partial charge on any atom is -0.294 e. The van der Waals surface area contributed by atoms with Crippen molar-refractivity contribution in [3.05, 3.63) is 41.5 Å². The predicted molar refractivity (Wildman–Crippen MR) is 75.3 cm³/mol. The fraction of sp³-hybridized carbons (Fsp3) is 0.308. The van der Waals surface area contributed by atoms with Gasteiger partial charge in [-0.15, -0.1) is 0 Å². The lowest BCUT2D eigenvalue weighted by molar-refractivity contribution is 0.0982. The molecule has 2 rings (SSSR count). The van der Waals surface area contributed by atoms with E-state index in [1.165, 1.54) is 35.8 Å². The Morgan fingerprint density at radius 3 is 2.74 bits per heavy atom. The summed E-state index contributed by atoms with van der Waals surface area (Å²) in [5.41, 5.74) is 0.568. The van der Waals surface area contributed by atoms with Crippen molar-refractivity contribution < 1.29 is 9.18 Å². The molecule has 0 aliphatic carbocycles. The lowest BCUT2D eigenvalue weighted by atomic mass is 10.1. The highest BCUT2D eigenvalue weighted by molar-refractivity contribution is 8.00. The van der Waals surface area contributed by atoms with Crippen LogP contribution in [-0.2, 0) is 0 Å². The van der Waals surface area contributed by atoms with E-state index in [4.69, 9.17) is 0 Å². The van der Waals surface area contributed by atoms with Crippen LogP contribution in [0.4, 0.5) is 4.39 Å². The zero-order valence-corrected chi connectivity index (χ0v) is 12.1. The molecule has 0 saturated carbocycles.